The molecule has 3 aliphatic rings. The molecular weight excluding hydrogens is 184 g/mol. The fraction of sp³-hybridized carbons (Fsp3) is 1.00. The van der Waals surface area contributed by atoms with E-state index in [4.69, 9.17) is 0 Å². The maximum Gasteiger partial charge on any atom is 0.0207 e. The lowest BCUT2D eigenvalue weighted by Gasteiger charge is -2.24. The second kappa shape index (κ2) is 4.06. The van der Waals surface area contributed by atoms with Gasteiger partial charge in [-0.15, -0.1) is 0 Å². The van der Waals surface area contributed by atoms with E-state index in [2.05, 4.69) is 17.3 Å². The molecule has 1 heterocycles. The minimum absolute atomic E-state index is 0.786. The van der Waals surface area contributed by atoms with Crippen LogP contribution in [0, 0.1) is 17.8 Å². The first-order valence-electron chi connectivity index (χ1n) is 6.73. The molecule has 2 nitrogen and oxygen atoms in total. The predicted octanol–water partition coefficient (Wildman–Crippen LogP) is 1.72. The molecule has 4 atom stereocenters. The quantitative estimate of drug-likeness (QED) is 0.759. The number of rotatable bonds is 3. The minimum atomic E-state index is 0.786. The normalized spacial score (nSPS) is 45.4. The Bertz CT molecular complexity index is 229. The van der Waals surface area contributed by atoms with Crippen LogP contribution in [0.15, 0.2) is 0 Å². The summed E-state index contributed by atoms with van der Waals surface area (Å²) >= 11 is 0. The molecule has 0 amide bonds. The molecule has 0 aromatic rings. The third kappa shape index (κ3) is 2.07. The van der Waals surface area contributed by atoms with Gasteiger partial charge < -0.3 is 10.2 Å². The standard InChI is InChI=1S/C13H24N2/c1-15-5-4-13(9-15)14-8-12-7-10-2-3-11(12)6-10/h10-14H,2-9H2,1H3. The lowest BCUT2D eigenvalue weighted by Crippen LogP contribution is -2.36. The first-order chi connectivity index (χ1) is 7.31. The summed E-state index contributed by atoms with van der Waals surface area (Å²) in [6.45, 7) is 3.86. The molecule has 86 valence electrons. The maximum absolute atomic E-state index is 3.80. The van der Waals surface area contributed by atoms with Crippen LogP contribution in [0.4, 0.5) is 0 Å². The molecule has 15 heavy (non-hydrogen) atoms. The topological polar surface area (TPSA) is 15.3 Å². The molecule has 1 N–H and O–H groups in total. The third-order valence-electron chi connectivity index (χ3n) is 4.94. The number of nitrogens with zero attached hydrogens (tertiary/aromatic N) is 1. The van der Waals surface area contributed by atoms with E-state index in [9.17, 15) is 0 Å². The predicted molar refractivity (Wildman–Crippen MR) is 62.8 cm³/mol. The van der Waals surface area contributed by atoms with Gasteiger partial charge in [-0.05, 0) is 63.6 Å². The van der Waals surface area contributed by atoms with Gasteiger partial charge in [0.05, 0.1) is 0 Å². The first kappa shape index (κ1) is 10.1. The van der Waals surface area contributed by atoms with Crippen molar-refractivity contribution in [3.8, 4) is 0 Å². The van der Waals surface area contributed by atoms with Crippen molar-refractivity contribution < 1.29 is 0 Å². The Morgan fingerprint density at radius 3 is 2.73 bits per heavy atom. The van der Waals surface area contributed by atoms with Gasteiger partial charge in [-0.3, -0.25) is 0 Å². The molecule has 1 aliphatic heterocycles. The van der Waals surface area contributed by atoms with Crippen LogP contribution in [0.2, 0.25) is 0 Å². The van der Waals surface area contributed by atoms with Crippen LogP contribution in [0.25, 0.3) is 0 Å². The number of likely N-dealkylation sites (N-methyl/N-ethyl adjacent to an activating group) is 1. The lowest BCUT2D eigenvalue weighted by molar-refractivity contribution is 0.303. The van der Waals surface area contributed by atoms with Gasteiger partial charge in [0.15, 0.2) is 0 Å². The van der Waals surface area contributed by atoms with Crippen LogP contribution in [-0.4, -0.2) is 37.6 Å². The summed E-state index contributed by atoms with van der Waals surface area (Å²) in [5, 5.41) is 3.80. The fourth-order valence-electron chi connectivity index (χ4n) is 4.05. The van der Waals surface area contributed by atoms with E-state index in [1.165, 1.54) is 45.3 Å². The first-order valence-corrected chi connectivity index (χ1v) is 6.73. The molecule has 3 fully saturated rings. The lowest BCUT2D eigenvalue weighted by atomic mass is 9.88. The van der Waals surface area contributed by atoms with Crippen molar-refractivity contribution in [2.75, 3.05) is 26.7 Å². The molecule has 0 aromatic heterocycles. The molecule has 0 radical (unpaired) electrons. The Kier molecular flexibility index (Phi) is 2.73. The monoisotopic (exact) mass is 208 g/mol. The summed E-state index contributed by atoms with van der Waals surface area (Å²) in [6, 6.07) is 0.786. The number of fused-ring (bicyclic) bond motifs is 2. The van der Waals surface area contributed by atoms with Crippen molar-refractivity contribution >= 4 is 0 Å². The molecule has 2 bridgehead atoms. The molecule has 3 rings (SSSR count). The Morgan fingerprint density at radius 2 is 2.13 bits per heavy atom. The highest BCUT2D eigenvalue weighted by Gasteiger charge is 2.39. The van der Waals surface area contributed by atoms with Crippen molar-refractivity contribution in [2.45, 2.75) is 38.1 Å². The van der Waals surface area contributed by atoms with E-state index in [0.29, 0.717) is 0 Å². The van der Waals surface area contributed by atoms with Gasteiger partial charge in [-0.2, -0.15) is 0 Å². The van der Waals surface area contributed by atoms with E-state index in [0.717, 1.165) is 23.8 Å². The number of hydrogen-bond donors (Lipinski definition) is 1. The van der Waals surface area contributed by atoms with E-state index in [1.54, 1.807) is 6.42 Å². The Morgan fingerprint density at radius 1 is 1.20 bits per heavy atom. The van der Waals surface area contributed by atoms with E-state index < -0.39 is 0 Å². The van der Waals surface area contributed by atoms with Gasteiger partial charge in [0.1, 0.15) is 0 Å². The van der Waals surface area contributed by atoms with Gasteiger partial charge in [-0.1, -0.05) is 6.42 Å². The smallest absolute Gasteiger partial charge is 0.0207 e. The van der Waals surface area contributed by atoms with E-state index in [1.807, 2.05) is 0 Å². The second-order valence-electron chi connectivity index (χ2n) is 6.09. The zero-order valence-electron chi connectivity index (χ0n) is 9.91. The summed E-state index contributed by atoms with van der Waals surface area (Å²) in [5.41, 5.74) is 0. The third-order valence-corrected chi connectivity index (χ3v) is 4.94. The van der Waals surface area contributed by atoms with E-state index in [-0.39, 0.29) is 0 Å². The summed E-state index contributed by atoms with van der Waals surface area (Å²) in [6.07, 6.45) is 7.50. The second-order valence-corrected chi connectivity index (χ2v) is 6.09. The van der Waals surface area contributed by atoms with Gasteiger partial charge in [-0.25, -0.2) is 0 Å². The number of nitrogens with one attached hydrogen (secondary N) is 1. The van der Waals surface area contributed by atoms with Crippen molar-refractivity contribution in [2.24, 2.45) is 17.8 Å². The SMILES string of the molecule is CN1CCC(NCC2CC3CCC2C3)C1. The highest BCUT2D eigenvalue weighted by atomic mass is 15.2. The zero-order valence-corrected chi connectivity index (χ0v) is 9.91. The van der Waals surface area contributed by atoms with Crippen LogP contribution >= 0.6 is 0 Å². The molecule has 0 aromatic carbocycles. The Hall–Kier alpha value is -0.0800. The van der Waals surface area contributed by atoms with Crippen LogP contribution in [-0.2, 0) is 0 Å². The van der Waals surface area contributed by atoms with Gasteiger partial charge in [0.25, 0.3) is 0 Å². The molecule has 0 spiro atoms. The average molecular weight is 208 g/mol. The van der Waals surface area contributed by atoms with Crippen LogP contribution < -0.4 is 5.32 Å². The van der Waals surface area contributed by atoms with Gasteiger partial charge in [0, 0.05) is 12.6 Å². The van der Waals surface area contributed by atoms with Crippen LogP contribution in [0.3, 0.4) is 0 Å². The molecular formula is C13H24N2. The molecule has 2 saturated carbocycles. The highest BCUT2D eigenvalue weighted by molar-refractivity contribution is 4.91. The minimum Gasteiger partial charge on any atom is -0.312 e. The summed E-state index contributed by atoms with van der Waals surface area (Å²) < 4.78 is 0. The van der Waals surface area contributed by atoms with Crippen LogP contribution in [0.5, 0.6) is 0 Å². The van der Waals surface area contributed by atoms with Gasteiger partial charge in [0.2, 0.25) is 0 Å². The average Bonchev–Trinajstić information content (AvgIpc) is 2.90. The molecule has 4 unspecified atom stereocenters. The Labute approximate surface area is 93.4 Å². The van der Waals surface area contributed by atoms with Gasteiger partial charge >= 0.3 is 0 Å². The van der Waals surface area contributed by atoms with Crippen molar-refractivity contribution in [3.63, 3.8) is 0 Å². The van der Waals surface area contributed by atoms with E-state index >= 15 is 0 Å². The number of likely N-dealkylation sites (tertiary alicyclic amines) is 1. The zero-order chi connectivity index (χ0) is 10.3. The van der Waals surface area contributed by atoms with Crippen molar-refractivity contribution in [3.05, 3.63) is 0 Å². The summed E-state index contributed by atoms with van der Waals surface area (Å²) in [7, 11) is 2.24. The summed E-state index contributed by atoms with van der Waals surface area (Å²) in [5.74, 6) is 3.21. The van der Waals surface area contributed by atoms with Crippen molar-refractivity contribution in [1.29, 1.82) is 0 Å². The molecule has 1 saturated heterocycles. The summed E-state index contributed by atoms with van der Waals surface area (Å²) in [4.78, 5) is 2.44. The van der Waals surface area contributed by atoms with Crippen molar-refractivity contribution in [1.82, 2.24) is 10.2 Å². The largest absolute Gasteiger partial charge is 0.312 e. The molecule has 2 aliphatic carbocycles. The number of hydrogen-bond acceptors (Lipinski definition) is 2. The Balaban J connectivity index is 1.43. The highest BCUT2D eigenvalue weighted by Crippen LogP contribution is 2.47. The fourth-order valence-corrected chi connectivity index (χ4v) is 4.05. The maximum atomic E-state index is 3.80. The molecule has 2 heteroatoms. The van der Waals surface area contributed by atoms with Crippen LogP contribution in [0.1, 0.15) is 32.1 Å².